The molecule has 3 nitrogen and oxygen atoms in total. The van der Waals surface area contributed by atoms with Gasteiger partial charge in [-0.1, -0.05) is 35.3 Å². The molecule has 0 spiro atoms. The molecule has 0 bridgehead atoms. The van der Waals surface area contributed by atoms with Crippen molar-refractivity contribution in [3.63, 3.8) is 0 Å². The van der Waals surface area contributed by atoms with Crippen molar-refractivity contribution < 1.29 is 4.39 Å². The molecule has 0 aliphatic heterocycles. The zero-order chi connectivity index (χ0) is 16.4. The number of nitrogens with one attached hydrogen (secondary N) is 1. The first-order chi connectivity index (χ1) is 11.0. The van der Waals surface area contributed by atoms with Gasteiger partial charge in [-0.15, -0.1) is 0 Å². The molecule has 1 N–H and O–H groups in total. The van der Waals surface area contributed by atoms with Gasteiger partial charge in [0.05, 0.1) is 5.02 Å². The van der Waals surface area contributed by atoms with Crippen LogP contribution in [0.25, 0.3) is 11.4 Å². The highest BCUT2D eigenvalue weighted by Gasteiger charge is 2.08. The second-order valence-corrected chi connectivity index (χ2v) is 6.31. The van der Waals surface area contributed by atoms with Crippen LogP contribution in [0.3, 0.4) is 0 Å². The van der Waals surface area contributed by atoms with Gasteiger partial charge in [-0.2, -0.15) is 0 Å². The summed E-state index contributed by atoms with van der Waals surface area (Å²) in [5.41, 5.74) is 1.29. The molecule has 116 valence electrons. The van der Waals surface area contributed by atoms with E-state index < -0.39 is 0 Å². The van der Waals surface area contributed by atoms with Crippen molar-refractivity contribution in [2.75, 3.05) is 5.32 Å². The van der Waals surface area contributed by atoms with Crippen LogP contribution in [0.1, 0.15) is 0 Å². The van der Waals surface area contributed by atoms with E-state index in [0.29, 0.717) is 22.2 Å². The van der Waals surface area contributed by atoms with Crippen molar-refractivity contribution in [1.29, 1.82) is 0 Å². The minimum atomic E-state index is -0.361. The third kappa shape index (κ3) is 3.99. The molecule has 0 saturated carbocycles. The van der Waals surface area contributed by atoms with Crippen molar-refractivity contribution in [3.8, 4) is 11.4 Å². The molecule has 0 aliphatic carbocycles. The van der Waals surface area contributed by atoms with E-state index in [1.165, 1.54) is 12.1 Å². The summed E-state index contributed by atoms with van der Waals surface area (Å²) in [5.74, 6) is 0.464. The molecule has 3 aromatic rings. The lowest BCUT2D eigenvalue weighted by molar-refractivity contribution is 0.628. The Hall–Kier alpha value is -1.69. The predicted octanol–water partition coefficient (Wildman–Crippen LogP) is 6.10. The molecule has 3 rings (SSSR count). The third-order valence-electron chi connectivity index (χ3n) is 2.97. The molecular formula is C16H9BrCl2FN3. The van der Waals surface area contributed by atoms with Crippen LogP contribution in [0.15, 0.2) is 53.0 Å². The summed E-state index contributed by atoms with van der Waals surface area (Å²) in [6.07, 6.45) is 0. The molecule has 0 unspecified atom stereocenters. The molecular weight excluding hydrogens is 404 g/mol. The van der Waals surface area contributed by atoms with Gasteiger partial charge in [-0.25, -0.2) is 14.4 Å². The van der Waals surface area contributed by atoms with E-state index in [9.17, 15) is 4.39 Å². The van der Waals surface area contributed by atoms with Gasteiger partial charge in [0.15, 0.2) is 5.82 Å². The SMILES string of the molecule is Fc1cccc(-c2nc(Cl)cc(Nc3ccc(Br)c(Cl)c3)n2)c1. The van der Waals surface area contributed by atoms with E-state index in [0.717, 1.165) is 10.2 Å². The summed E-state index contributed by atoms with van der Waals surface area (Å²) < 4.78 is 14.2. The molecule has 0 radical (unpaired) electrons. The first-order valence-electron chi connectivity index (χ1n) is 6.54. The van der Waals surface area contributed by atoms with Crippen molar-refractivity contribution in [2.45, 2.75) is 0 Å². The second kappa shape index (κ2) is 6.83. The molecule has 0 saturated heterocycles. The Morgan fingerprint density at radius 1 is 1.00 bits per heavy atom. The van der Waals surface area contributed by atoms with E-state index in [2.05, 4.69) is 31.2 Å². The zero-order valence-corrected chi connectivity index (χ0v) is 14.6. The topological polar surface area (TPSA) is 37.8 Å². The Morgan fingerprint density at radius 2 is 1.83 bits per heavy atom. The summed E-state index contributed by atoms with van der Waals surface area (Å²) in [4.78, 5) is 8.50. The first-order valence-corrected chi connectivity index (χ1v) is 8.09. The molecule has 23 heavy (non-hydrogen) atoms. The van der Waals surface area contributed by atoms with Gasteiger partial charge in [0.1, 0.15) is 16.8 Å². The van der Waals surface area contributed by atoms with Gasteiger partial charge in [0.2, 0.25) is 0 Å². The highest BCUT2D eigenvalue weighted by molar-refractivity contribution is 9.10. The maximum absolute atomic E-state index is 13.4. The molecule has 1 aromatic heterocycles. The van der Waals surface area contributed by atoms with Gasteiger partial charge < -0.3 is 5.32 Å². The minimum Gasteiger partial charge on any atom is -0.340 e. The fourth-order valence-electron chi connectivity index (χ4n) is 1.96. The van der Waals surface area contributed by atoms with E-state index in [1.807, 2.05) is 12.1 Å². The van der Waals surface area contributed by atoms with Crippen LogP contribution < -0.4 is 5.32 Å². The average molecular weight is 413 g/mol. The van der Waals surface area contributed by atoms with Crippen LogP contribution in [0.2, 0.25) is 10.2 Å². The summed E-state index contributed by atoms with van der Waals surface area (Å²) in [7, 11) is 0. The van der Waals surface area contributed by atoms with E-state index in [4.69, 9.17) is 23.2 Å². The Bertz CT molecular complexity index is 874. The Labute approximate surface area is 150 Å². The molecule has 0 atom stereocenters. The number of hydrogen-bond donors (Lipinski definition) is 1. The van der Waals surface area contributed by atoms with E-state index in [-0.39, 0.29) is 11.0 Å². The number of halogens is 4. The van der Waals surface area contributed by atoms with Crippen LogP contribution >= 0.6 is 39.1 Å². The molecule has 2 aromatic carbocycles. The van der Waals surface area contributed by atoms with Gasteiger partial charge >= 0.3 is 0 Å². The number of rotatable bonds is 3. The third-order valence-corrected chi connectivity index (χ3v) is 4.40. The van der Waals surface area contributed by atoms with Gasteiger partial charge in [-0.05, 0) is 46.3 Å². The van der Waals surface area contributed by atoms with Gasteiger partial charge in [-0.3, -0.25) is 0 Å². The number of anilines is 2. The smallest absolute Gasteiger partial charge is 0.163 e. The number of nitrogens with zero attached hydrogens (tertiary/aromatic N) is 2. The summed E-state index contributed by atoms with van der Waals surface area (Å²) in [6, 6.07) is 13.0. The normalized spacial score (nSPS) is 10.6. The summed E-state index contributed by atoms with van der Waals surface area (Å²) >= 11 is 15.4. The Kier molecular flexibility index (Phi) is 4.80. The molecule has 7 heteroatoms. The highest BCUT2D eigenvalue weighted by Crippen LogP contribution is 2.28. The number of aromatic nitrogens is 2. The predicted molar refractivity (Wildman–Crippen MR) is 94.9 cm³/mol. The van der Waals surface area contributed by atoms with Crippen LogP contribution in [0, 0.1) is 5.82 Å². The van der Waals surface area contributed by atoms with E-state index >= 15 is 0 Å². The largest absolute Gasteiger partial charge is 0.340 e. The minimum absolute atomic E-state index is 0.255. The van der Waals surface area contributed by atoms with Crippen LogP contribution in [-0.4, -0.2) is 9.97 Å². The zero-order valence-electron chi connectivity index (χ0n) is 11.5. The molecule has 0 aliphatic rings. The fourth-order valence-corrected chi connectivity index (χ4v) is 2.57. The highest BCUT2D eigenvalue weighted by atomic mass is 79.9. The van der Waals surface area contributed by atoms with Crippen molar-refractivity contribution >= 4 is 50.6 Å². The number of hydrogen-bond acceptors (Lipinski definition) is 3. The van der Waals surface area contributed by atoms with Crippen molar-refractivity contribution in [2.24, 2.45) is 0 Å². The number of benzene rings is 2. The maximum atomic E-state index is 13.4. The monoisotopic (exact) mass is 411 g/mol. The van der Waals surface area contributed by atoms with E-state index in [1.54, 1.807) is 24.3 Å². The van der Waals surface area contributed by atoms with Crippen molar-refractivity contribution in [1.82, 2.24) is 9.97 Å². The van der Waals surface area contributed by atoms with Gasteiger partial charge in [0, 0.05) is 21.8 Å². The van der Waals surface area contributed by atoms with Crippen LogP contribution in [0.4, 0.5) is 15.9 Å². The Morgan fingerprint density at radius 3 is 2.57 bits per heavy atom. The lowest BCUT2D eigenvalue weighted by atomic mass is 10.2. The first kappa shape index (κ1) is 16.2. The van der Waals surface area contributed by atoms with Crippen LogP contribution in [0.5, 0.6) is 0 Å². The maximum Gasteiger partial charge on any atom is 0.163 e. The summed E-state index contributed by atoms with van der Waals surface area (Å²) in [5, 5.41) is 3.93. The standard InChI is InChI=1S/C16H9BrCl2FN3/c17-12-5-4-11(7-13(12)18)21-15-8-14(19)22-16(23-15)9-2-1-3-10(20)6-9/h1-8H,(H,21,22,23). The molecule has 0 amide bonds. The van der Waals surface area contributed by atoms with Crippen LogP contribution in [-0.2, 0) is 0 Å². The second-order valence-electron chi connectivity index (χ2n) is 4.66. The lowest BCUT2D eigenvalue weighted by Gasteiger charge is -2.09. The lowest BCUT2D eigenvalue weighted by Crippen LogP contribution is -1.98. The fraction of sp³-hybridized carbons (Fsp3) is 0. The summed E-state index contributed by atoms with van der Waals surface area (Å²) in [6.45, 7) is 0. The quantitative estimate of drug-likeness (QED) is 0.528. The molecule has 1 heterocycles. The molecule has 0 fully saturated rings. The van der Waals surface area contributed by atoms with Crippen molar-refractivity contribution in [3.05, 3.63) is 69.0 Å². The Balaban J connectivity index is 1.95. The average Bonchev–Trinajstić information content (AvgIpc) is 2.50. The van der Waals surface area contributed by atoms with Gasteiger partial charge in [0.25, 0.3) is 0 Å².